The van der Waals surface area contributed by atoms with Crippen molar-refractivity contribution in [2.24, 2.45) is 4.99 Å². The molecule has 0 N–H and O–H groups in total. The monoisotopic (exact) mass is 161 g/mol. The quantitative estimate of drug-likeness (QED) is 0.611. The molecule has 0 spiro atoms. The Hall–Kier alpha value is -1.51. The second-order valence-electron chi connectivity index (χ2n) is 2.46. The highest BCUT2D eigenvalue weighted by Gasteiger charge is 2.07. The van der Waals surface area contributed by atoms with Crippen molar-refractivity contribution in [3.05, 3.63) is 30.3 Å². The van der Waals surface area contributed by atoms with Crippen molar-refractivity contribution in [3.8, 4) is 0 Å². The molecule has 1 aromatic carbocycles. The fraction of sp³-hybridized carbons (Fsp3) is 0.222. The van der Waals surface area contributed by atoms with Gasteiger partial charge in [0.15, 0.2) is 0 Å². The summed E-state index contributed by atoms with van der Waals surface area (Å²) < 4.78 is 5.14. The topological polar surface area (TPSA) is 35.7 Å². The smallest absolute Gasteiger partial charge is 0.312 e. The van der Waals surface area contributed by atoms with Crippen molar-refractivity contribution < 1.29 is 4.74 Å². The summed E-state index contributed by atoms with van der Waals surface area (Å²) in [4.78, 5) is 4.06. The van der Waals surface area contributed by atoms with Gasteiger partial charge in [0.05, 0.1) is 12.2 Å². The summed E-state index contributed by atoms with van der Waals surface area (Å²) >= 11 is 0. The van der Waals surface area contributed by atoms with Crippen LogP contribution in [0.4, 0.5) is 5.69 Å². The Kier molecular flexibility index (Phi) is 1.94. The van der Waals surface area contributed by atoms with Crippen molar-refractivity contribution in [1.29, 1.82) is 0 Å². The van der Waals surface area contributed by atoms with Gasteiger partial charge in [0.1, 0.15) is 6.61 Å². The Morgan fingerprint density at radius 1 is 1.25 bits per heavy atom. The van der Waals surface area contributed by atoms with Crippen LogP contribution in [0.25, 0.3) is 0 Å². The molecule has 1 aliphatic heterocycles. The number of para-hydroxylation sites is 1. The van der Waals surface area contributed by atoms with Gasteiger partial charge >= 0.3 is 6.02 Å². The number of nitrogens with zero attached hydrogens (tertiary/aromatic N) is 2. The van der Waals surface area contributed by atoms with E-state index in [1.807, 2.05) is 30.3 Å². The molecule has 0 fully saturated rings. The van der Waals surface area contributed by atoms with Gasteiger partial charge in [0, 0.05) is 0 Å². The predicted molar refractivity (Wildman–Crippen MR) is 46.5 cm³/mol. The van der Waals surface area contributed by atoms with E-state index in [1.165, 1.54) is 0 Å². The number of aliphatic imine (C=N–C) groups is 1. The highest BCUT2D eigenvalue weighted by molar-refractivity contribution is 5.79. The summed E-state index contributed by atoms with van der Waals surface area (Å²) in [5.41, 5.74) is 0.887. The van der Waals surface area contributed by atoms with E-state index >= 15 is 0 Å². The lowest BCUT2D eigenvalue weighted by Crippen LogP contribution is -2.10. The molecule has 1 radical (unpaired) electrons. The van der Waals surface area contributed by atoms with Gasteiger partial charge in [-0.15, -0.1) is 0 Å². The lowest BCUT2D eigenvalue weighted by molar-refractivity contribution is 0.336. The average Bonchev–Trinajstić information content (AvgIpc) is 2.59. The van der Waals surface area contributed by atoms with Crippen LogP contribution in [0, 0.1) is 0 Å². The van der Waals surface area contributed by atoms with E-state index in [-0.39, 0.29) is 0 Å². The minimum absolute atomic E-state index is 0.501. The van der Waals surface area contributed by atoms with E-state index in [4.69, 9.17) is 4.74 Å². The molecule has 3 nitrogen and oxygen atoms in total. The SMILES string of the molecule is c1ccc([N]C2=NCCO2)cc1. The summed E-state index contributed by atoms with van der Waals surface area (Å²) in [6.45, 7) is 1.39. The molecule has 0 saturated heterocycles. The first-order valence-electron chi connectivity index (χ1n) is 3.89. The van der Waals surface area contributed by atoms with E-state index in [2.05, 4.69) is 10.3 Å². The minimum Gasteiger partial charge on any atom is -0.462 e. The Balaban J connectivity index is 2.04. The zero-order chi connectivity index (χ0) is 8.23. The highest BCUT2D eigenvalue weighted by Crippen LogP contribution is 2.07. The summed E-state index contributed by atoms with van der Waals surface area (Å²) in [7, 11) is 0. The van der Waals surface area contributed by atoms with E-state index in [1.54, 1.807) is 0 Å². The van der Waals surface area contributed by atoms with Crippen molar-refractivity contribution in [2.75, 3.05) is 13.2 Å². The molecule has 61 valence electrons. The first-order valence-corrected chi connectivity index (χ1v) is 3.89. The Morgan fingerprint density at radius 2 is 2.08 bits per heavy atom. The summed E-state index contributed by atoms with van der Waals surface area (Å²) in [5.74, 6) is 0. The standard InChI is InChI=1S/C9H9N2O/c1-2-4-8(5-3-1)11-9-10-6-7-12-9/h1-5H,6-7H2. The van der Waals surface area contributed by atoms with Crippen molar-refractivity contribution in [1.82, 2.24) is 5.32 Å². The molecule has 0 amide bonds. The summed E-state index contributed by atoms with van der Waals surface area (Å²) in [6.07, 6.45) is 0. The largest absolute Gasteiger partial charge is 0.462 e. The lowest BCUT2D eigenvalue weighted by Gasteiger charge is -2.00. The predicted octanol–water partition coefficient (Wildman–Crippen LogP) is 1.31. The van der Waals surface area contributed by atoms with Gasteiger partial charge < -0.3 is 4.74 Å². The zero-order valence-corrected chi connectivity index (χ0v) is 6.60. The van der Waals surface area contributed by atoms with Gasteiger partial charge in [-0.3, -0.25) is 0 Å². The normalized spacial score (nSPS) is 15.2. The Morgan fingerprint density at radius 3 is 2.75 bits per heavy atom. The zero-order valence-electron chi connectivity index (χ0n) is 6.60. The molecule has 12 heavy (non-hydrogen) atoms. The summed E-state index contributed by atoms with van der Waals surface area (Å²) in [6, 6.07) is 10.2. The molecule has 1 aromatic rings. The van der Waals surface area contributed by atoms with Crippen LogP contribution in [0.2, 0.25) is 0 Å². The first-order chi connectivity index (χ1) is 5.95. The molecule has 0 aliphatic carbocycles. The van der Waals surface area contributed by atoms with Crippen LogP contribution in [0.3, 0.4) is 0 Å². The van der Waals surface area contributed by atoms with Crippen LogP contribution in [0.5, 0.6) is 0 Å². The first kappa shape index (κ1) is 7.16. The van der Waals surface area contributed by atoms with E-state index in [0.717, 1.165) is 12.2 Å². The lowest BCUT2D eigenvalue weighted by atomic mass is 10.3. The van der Waals surface area contributed by atoms with Gasteiger partial charge in [-0.2, -0.15) is 5.32 Å². The number of amidine groups is 1. The number of benzene rings is 1. The third-order valence-corrected chi connectivity index (χ3v) is 1.55. The third kappa shape index (κ3) is 1.56. The fourth-order valence-electron chi connectivity index (χ4n) is 1.00. The Labute approximate surface area is 71.1 Å². The summed E-state index contributed by atoms with van der Waals surface area (Å²) in [5, 5.41) is 4.19. The Bertz CT molecular complexity index is 282. The number of hydrogen-bond acceptors (Lipinski definition) is 2. The van der Waals surface area contributed by atoms with E-state index in [9.17, 15) is 0 Å². The molecule has 0 atom stereocenters. The van der Waals surface area contributed by atoms with Gasteiger partial charge in [-0.25, -0.2) is 4.99 Å². The molecule has 2 rings (SSSR count). The molecule has 0 aromatic heterocycles. The van der Waals surface area contributed by atoms with Crippen LogP contribution < -0.4 is 5.32 Å². The number of hydrogen-bond donors (Lipinski definition) is 0. The van der Waals surface area contributed by atoms with Crippen LogP contribution in [-0.4, -0.2) is 19.2 Å². The van der Waals surface area contributed by atoms with Crippen molar-refractivity contribution >= 4 is 11.7 Å². The van der Waals surface area contributed by atoms with Gasteiger partial charge in [0.2, 0.25) is 0 Å². The molecular weight excluding hydrogens is 152 g/mol. The molecule has 0 saturated carbocycles. The maximum Gasteiger partial charge on any atom is 0.312 e. The maximum absolute atomic E-state index is 5.14. The van der Waals surface area contributed by atoms with Gasteiger partial charge in [-0.1, -0.05) is 18.2 Å². The molecule has 1 heterocycles. The van der Waals surface area contributed by atoms with Crippen molar-refractivity contribution in [2.45, 2.75) is 0 Å². The van der Waals surface area contributed by atoms with Gasteiger partial charge in [0.25, 0.3) is 0 Å². The number of ether oxygens (including phenoxy) is 1. The molecule has 0 unspecified atom stereocenters. The van der Waals surface area contributed by atoms with Crippen LogP contribution in [-0.2, 0) is 4.74 Å². The number of rotatable bonds is 1. The fourth-order valence-corrected chi connectivity index (χ4v) is 1.00. The van der Waals surface area contributed by atoms with E-state index in [0.29, 0.717) is 12.6 Å². The van der Waals surface area contributed by atoms with Gasteiger partial charge in [-0.05, 0) is 12.1 Å². The van der Waals surface area contributed by atoms with Crippen LogP contribution in [0.1, 0.15) is 0 Å². The van der Waals surface area contributed by atoms with E-state index < -0.39 is 0 Å². The highest BCUT2D eigenvalue weighted by atomic mass is 16.5. The van der Waals surface area contributed by atoms with Crippen molar-refractivity contribution in [3.63, 3.8) is 0 Å². The average molecular weight is 161 g/mol. The van der Waals surface area contributed by atoms with Crippen LogP contribution >= 0.6 is 0 Å². The third-order valence-electron chi connectivity index (χ3n) is 1.55. The maximum atomic E-state index is 5.14. The molecular formula is C9H9N2O. The van der Waals surface area contributed by atoms with Crippen LogP contribution in [0.15, 0.2) is 35.3 Å². The molecule has 0 bridgehead atoms. The second-order valence-corrected chi connectivity index (χ2v) is 2.46. The molecule has 1 aliphatic rings. The molecule has 3 heteroatoms. The minimum atomic E-state index is 0.501. The second kappa shape index (κ2) is 3.26.